The first kappa shape index (κ1) is 13.8. The molecule has 0 atom stereocenters. The fraction of sp³-hybridized carbons (Fsp3) is 0.263. The first-order valence-electron chi connectivity index (χ1n) is 7.86. The zero-order valence-corrected chi connectivity index (χ0v) is 13.6. The molecule has 4 rings (SSSR count). The number of hydrogen-bond donors (Lipinski definition) is 1. The molecular weight excluding hydrogens is 288 g/mol. The maximum absolute atomic E-state index is 3.59. The van der Waals surface area contributed by atoms with Gasteiger partial charge in [0, 0.05) is 45.8 Å². The molecule has 0 spiro atoms. The molecule has 112 valence electrons. The normalized spacial score (nSPS) is 14.9. The maximum atomic E-state index is 3.59. The van der Waals surface area contributed by atoms with Crippen LogP contribution in [0.15, 0.2) is 53.4 Å². The number of nitrogens with zero attached hydrogens (tertiary/aromatic N) is 1. The van der Waals surface area contributed by atoms with Crippen LogP contribution in [-0.4, -0.2) is 24.3 Å². The molecule has 0 amide bonds. The molecule has 1 N–H and O–H groups in total. The molecule has 0 saturated carbocycles. The minimum absolute atomic E-state index is 1.17. The lowest BCUT2D eigenvalue weighted by Gasteiger charge is -2.21. The summed E-state index contributed by atoms with van der Waals surface area (Å²) in [5.41, 5.74) is 5.12. The van der Waals surface area contributed by atoms with Crippen LogP contribution in [0.5, 0.6) is 0 Å². The summed E-state index contributed by atoms with van der Waals surface area (Å²) in [5.74, 6) is 0. The minimum atomic E-state index is 1.17. The number of anilines is 1. The largest absolute Gasteiger partial charge is 0.371 e. The zero-order valence-electron chi connectivity index (χ0n) is 12.8. The molecule has 1 saturated heterocycles. The molecule has 0 aliphatic carbocycles. The smallest absolute Gasteiger partial charge is 0.0486 e. The third-order valence-corrected chi connectivity index (χ3v) is 5.20. The highest BCUT2D eigenvalue weighted by molar-refractivity contribution is 7.98. The number of hydrogen-bond acceptors (Lipinski definition) is 2. The summed E-state index contributed by atoms with van der Waals surface area (Å²) in [6.07, 6.45) is 4.74. The number of aromatic nitrogens is 1. The SMILES string of the molecule is CSc1ccc(N2CCCC2)c(-c2cc3ccccc3[nH]2)c1. The summed E-state index contributed by atoms with van der Waals surface area (Å²) in [5, 5.41) is 1.28. The minimum Gasteiger partial charge on any atom is -0.371 e. The van der Waals surface area contributed by atoms with Crippen LogP contribution < -0.4 is 4.90 Å². The van der Waals surface area contributed by atoms with E-state index >= 15 is 0 Å². The van der Waals surface area contributed by atoms with Crippen molar-refractivity contribution in [2.75, 3.05) is 24.2 Å². The van der Waals surface area contributed by atoms with Crippen molar-refractivity contribution in [3.05, 3.63) is 48.5 Å². The van der Waals surface area contributed by atoms with Gasteiger partial charge in [-0.3, -0.25) is 0 Å². The second-order valence-corrected chi connectivity index (χ2v) is 6.73. The first-order valence-corrected chi connectivity index (χ1v) is 9.09. The van der Waals surface area contributed by atoms with Crippen LogP contribution in [0.3, 0.4) is 0 Å². The third-order valence-electron chi connectivity index (χ3n) is 4.47. The molecular formula is C19H20N2S. The molecule has 3 heteroatoms. The molecule has 22 heavy (non-hydrogen) atoms. The van der Waals surface area contributed by atoms with E-state index in [0.29, 0.717) is 0 Å². The van der Waals surface area contributed by atoms with Crippen molar-refractivity contribution in [1.82, 2.24) is 4.98 Å². The Hall–Kier alpha value is -1.87. The highest BCUT2D eigenvalue weighted by atomic mass is 32.2. The van der Waals surface area contributed by atoms with Crippen molar-refractivity contribution in [1.29, 1.82) is 0 Å². The Morgan fingerprint density at radius 1 is 1.00 bits per heavy atom. The van der Waals surface area contributed by atoms with E-state index in [9.17, 15) is 0 Å². The van der Waals surface area contributed by atoms with Gasteiger partial charge in [-0.2, -0.15) is 0 Å². The van der Waals surface area contributed by atoms with Crippen LogP contribution in [0.1, 0.15) is 12.8 Å². The van der Waals surface area contributed by atoms with Crippen LogP contribution in [0, 0.1) is 0 Å². The van der Waals surface area contributed by atoms with Crippen LogP contribution in [0.4, 0.5) is 5.69 Å². The Kier molecular flexibility index (Phi) is 3.59. The van der Waals surface area contributed by atoms with E-state index in [1.807, 2.05) is 0 Å². The van der Waals surface area contributed by atoms with Crippen molar-refractivity contribution < 1.29 is 0 Å². The fourth-order valence-corrected chi connectivity index (χ4v) is 3.75. The number of rotatable bonds is 3. The summed E-state index contributed by atoms with van der Waals surface area (Å²) in [6.45, 7) is 2.34. The monoisotopic (exact) mass is 308 g/mol. The number of H-pyrrole nitrogens is 1. The van der Waals surface area contributed by atoms with E-state index in [1.54, 1.807) is 11.8 Å². The second kappa shape index (κ2) is 5.73. The van der Waals surface area contributed by atoms with Crippen LogP contribution in [-0.2, 0) is 0 Å². The average Bonchev–Trinajstić information content (AvgIpc) is 3.23. The lowest BCUT2D eigenvalue weighted by Crippen LogP contribution is -2.18. The van der Waals surface area contributed by atoms with Gasteiger partial charge in [0.25, 0.3) is 0 Å². The highest BCUT2D eigenvalue weighted by Crippen LogP contribution is 2.36. The molecule has 0 radical (unpaired) electrons. The summed E-state index contributed by atoms with van der Waals surface area (Å²) in [6, 6.07) is 17.6. The number of benzene rings is 2. The first-order chi connectivity index (χ1) is 10.8. The Labute approximate surface area is 135 Å². The van der Waals surface area contributed by atoms with Crippen molar-refractivity contribution in [3.63, 3.8) is 0 Å². The Bertz CT molecular complexity index is 767. The van der Waals surface area contributed by atoms with Gasteiger partial charge in [0.2, 0.25) is 0 Å². The van der Waals surface area contributed by atoms with Gasteiger partial charge in [-0.1, -0.05) is 18.2 Å². The van der Waals surface area contributed by atoms with Crippen LogP contribution in [0.2, 0.25) is 0 Å². The predicted octanol–water partition coefficient (Wildman–Crippen LogP) is 5.16. The average molecular weight is 308 g/mol. The molecule has 2 nitrogen and oxygen atoms in total. The summed E-state index contributed by atoms with van der Waals surface area (Å²) in [4.78, 5) is 7.43. The summed E-state index contributed by atoms with van der Waals surface area (Å²) < 4.78 is 0. The molecule has 1 aliphatic heterocycles. The maximum Gasteiger partial charge on any atom is 0.0486 e. The van der Waals surface area contributed by atoms with Gasteiger partial charge < -0.3 is 9.88 Å². The number of para-hydroxylation sites is 1. The van der Waals surface area contributed by atoms with E-state index in [4.69, 9.17) is 0 Å². The van der Waals surface area contributed by atoms with Gasteiger partial charge in [0.15, 0.2) is 0 Å². The highest BCUT2D eigenvalue weighted by Gasteiger charge is 2.18. The third kappa shape index (κ3) is 2.40. The van der Waals surface area contributed by atoms with Crippen molar-refractivity contribution in [2.24, 2.45) is 0 Å². The summed E-state index contributed by atoms with van der Waals surface area (Å²) >= 11 is 1.80. The number of aromatic amines is 1. The van der Waals surface area contributed by atoms with Gasteiger partial charge in [-0.05, 0) is 49.4 Å². The molecule has 3 aromatic rings. The van der Waals surface area contributed by atoms with Gasteiger partial charge in [-0.25, -0.2) is 0 Å². The van der Waals surface area contributed by atoms with E-state index in [-0.39, 0.29) is 0 Å². The van der Waals surface area contributed by atoms with E-state index < -0.39 is 0 Å². The van der Waals surface area contributed by atoms with Gasteiger partial charge in [-0.15, -0.1) is 11.8 Å². The molecule has 2 aromatic carbocycles. The van der Waals surface area contributed by atoms with E-state index in [2.05, 4.69) is 64.7 Å². The predicted molar refractivity (Wildman–Crippen MR) is 97.0 cm³/mol. The lowest BCUT2D eigenvalue weighted by molar-refractivity contribution is 0.949. The Morgan fingerprint density at radius 2 is 1.82 bits per heavy atom. The second-order valence-electron chi connectivity index (χ2n) is 5.85. The number of fused-ring (bicyclic) bond motifs is 1. The molecule has 0 unspecified atom stereocenters. The molecule has 1 fully saturated rings. The summed E-state index contributed by atoms with van der Waals surface area (Å²) in [7, 11) is 0. The van der Waals surface area contributed by atoms with Crippen LogP contribution >= 0.6 is 11.8 Å². The lowest BCUT2D eigenvalue weighted by atomic mass is 10.1. The standard InChI is InChI=1S/C19H20N2S/c1-22-15-8-9-19(21-10-4-5-11-21)16(13-15)18-12-14-6-2-3-7-17(14)20-18/h2-3,6-9,12-13,20H,4-5,10-11H2,1H3. The molecule has 0 bridgehead atoms. The molecule has 2 heterocycles. The molecule has 1 aromatic heterocycles. The molecule has 1 aliphatic rings. The topological polar surface area (TPSA) is 19.0 Å². The van der Waals surface area contributed by atoms with Crippen LogP contribution in [0.25, 0.3) is 22.2 Å². The Morgan fingerprint density at radius 3 is 2.59 bits per heavy atom. The number of nitrogens with one attached hydrogen (secondary N) is 1. The van der Waals surface area contributed by atoms with E-state index in [0.717, 1.165) is 0 Å². The Balaban J connectivity index is 1.87. The van der Waals surface area contributed by atoms with Gasteiger partial charge in [0.1, 0.15) is 0 Å². The van der Waals surface area contributed by atoms with Crippen molar-refractivity contribution in [2.45, 2.75) is 17.7 Å². The zero-order chi connectivity index (χ0) is 14.9. The van der Waals surface area contributed by atoms with E-state index in [1.165, 1.54) is 58.7 Å². The van der Waals surface area contributed by atoms with Crippen molar-refractivity contribution >= 4 is 28.4 Å². The van der Waals surface area contributed by atoms with Crippen molar-refractivity contribution in [3.8, 4) is 11.3 Å². The fourth-order valence-electron chi connectivity index (χ4n) is 3.31. The van der Waals surface area contributed by atoms with Gasteiger partial charge in [0.05, 0.1) is 0 Å². The quantitative estimate of drug-likeness (QED) is 0.674. The number of thioether (sulfide) groups is 1. The van der Waals surface area contributed by atoms with Gasteiger partial charge >= 0.3 is 0 Å².